The van der Waals surface area contributed by atoms with E-state index in [1.54, 1.807) is 0 Å². The smallest absolute Gasteiger partial charge is 0.354 e. The van der Waals surface area contributed by atoms with Crippen molar-refractivity contribution in [1.82, 2.24) is 15.1 Å². The van der Waals surface area contributed by atoms with Crippen LogP contribution in [0.15, 0.2) is 36.4 Å². The van der Waals surface area contributed by atoms with Crippen LogP contribution in [0.2, 0.25) is 0 Å². The van der Waals surface area contributed by atoms with Gasteiger partial charge in [0.2, 0.25) is 5.91 Å². The molecule has 1 N–H and O–H groups in total. The number of nitrogens with zero attached hydrogens (tertiary/aromatic N) is 2. The predicted octanol–water partition coefficient (Wildman–Crippen LogP) is 6.35. The first-order valence-corrected chi connectivity index (χ1v) is 13.3. The molecule has 1 atom stereocenters. The molecule has 2 aromatic carbocycles. The minimum absolute atomic E-state index is 0.00285. The molecule has 0 bridgehead atoms. The first-order chi connectivity index (χ1) is 18.8. The van der Waals surface area contributed by atoms with Crippen molar-refractivity contribution in [2.75, 3.05) is 32.7 Å². The first-order valence-electron chi connectivity index (χ1n) is 13.3. The fourth-order valence-corrected chi connectivity index (χ4v) is 5.65. The monoisotopic (exact) mass is 577 g/mol. The van der Waals surface area contributed by atoms with Gasteiger partial charge >= 0.3 is 12.4 Å². The number of benzene rings is 2. The number of carbonyl (C=O) groups excluding carboxylic acids is 1. The molecule has 0 spiro atoms. The van der Waals surface area contributed by atoms with Crippen LogP contribution >= 0.6 is 0 Å². The highest BCUT2D eigenvalue weighted by Crippen LogP contribution is 2.36. The summed E-state index contributed by atoms with van der Waals surface area (Å²) >= 11 is 0. The van der Waals surface area contributed by atoms with Gasteiger partial charge in [0.25, 0.3) is 0 Å². The molecule has 1 saturated heterocycles. The lowest BCUT2D eigenvalue weighted by atomic mass is 9.93. The van der Waals surface area contributed by atoms with Crippen molar-refractivity contribution in [1.29, 1.82) is 0 Å². The number of nitrogens with one attached hydrogen (secondary N) is 1. The van der Waals surface area contributed by atoms with Crippen LogP contribution in [0.25, 0.3) is 0 Å². The Morgan fingerprint density at radius 3 is 2.05 bits per heavy atom. The van der Waals surface area contributed by atoms with Gasteiger partial charge in [-0.2, -0.15) is 26.3 Å². The van der Waals surface area contributed by atoms with Crippen molar-refractivity contribution in [3.63, 3.8) is 0 Å². The normalized spacial score (nSPS) is 19.0. The Morgan fingerprint density at radius 1 is 0.875 bits per heavy atom. The van der Waals surface area contributed by atoms with Crippen LogP contribution in [0.1, 0.15) is 60.4 Å². The summed E-state index contributed by atoms with van der Waals surface area (Å²) in [5, 5.41) is 2.52. The number of halogens is 8. The van der Waals surface area contributed by atoms with Crippen LogP contribution in [0.5, 0.6) is 0 Å². The van der Waals surface area contributed by atoms with Crippen molar-refractivity contribution in [3.8, 4) is 0 Å². The second kappa shape index (κ2) is 12.4. The van der Waals surface area contributed by atoms with Crippen molar-refractivity contribution in [3.05, 3.63) is 70.3 Å². The molecule has 4 rings (SSSR count). The fourth-order valence-electron chi connectivity index (χ4n) is 5.65. The quantitative estimate of drug-likeness (QED) is 0.390. The number of alkyl halides is 6. The van der Waals surface area contributed by atoms with Crippen molar-refractivity contribution >= 4 is 5.91 Å². The molecule has 1 amide bonds. The zero-order valence-electron chi connectivity index (χ0n) is 21.7. The third kappa shape index (κ3) is 7.51. The topological polar surface area (TPSA) is 35.6 Å². The third-order valence-corrected chi connectivity index (χ3v) is 7.73. The molecule has 0 aromatic heterocycles. The van der Waals surface area contributed by atoms with Crippen molar-refractivity contribution < 1.29 is 39.9 Å². The summed E-state index contributed by atoms with van der Waals surface area (Å²) in [4.78, 5) is 17.0. The van der Waals surface area contributed by atoms with Gasteiger partial charge in [-0.25, -0.2) is 8.78 Å². The van der Waals surface area contributed by atoms with Crippen LogP contribution in [-0.2, 0) is 23.6 Å². The van der Waals surface area contributed by atoms with E-state index < -0.39 is 59.0 Å². The van der Waals surface area contributed by atoms with Crippen LogP contribution in [0.3, 0.4) is 0 Å². The Bertz CT molecular complexity index is 1140. The number of hydrogen-bond acceptors (Lipinski definition) is 3. The highest BCUT2D eigenvalue weighted by molar-refractivity contribution is 5.78. The number of piperazine rings is 1. The minimum Gasteiger partial charge on any atom is -0.354 e. The van der Waals surface area contributed by atoms with Gasteiger partial charge in [-0.1, -0.05) is 31.4 Å². The lowest BCUT2D eigenvalue weighted by molar-refractivity contribution is -0.143. The van der Waals surface area contributed by atoms with Crippen molar-refractivity contribution in [2.24, 2.45) is 0 Å². The number of carbonyl (C=O) groups is 1. The average molecular weight is 578 g/mol. The molecular formula is C28H31F8N3O. The van der Waals surface area contributed by atoms with Gasteiger partial charge < -0.3 is 5.32 Å². The van der Waals surface area contributed by atoms with Crippen molar-refractivity contribution in [2.45, 2.75) is 63.0 Å². The zero-order chi connectivity index (χ0) is 29.1. The summed E-state index contributed by atoms with van der Waals surface area (Å²) in [5.41, 5.74) is -3.47. The van der Waals surface area contributed by atoms with E-state index >= 15 is 0 Å². The molecule has 1 saturated carbocycles. The van der Waals surface area contributed by atoms with Gasteiger partial charge in [0, 0.05) is 44.3 Å². The van der Waals surface area contributed by atoms with E-state index in [1.807, 2.05) is 4.90 Å². The highest BCUT2D eigenvalue weighted by Gasteiger charge is 2.37. The lowest BCUT2D eigenvalue weighted by Crippen LogP contribution is -2.53. The molecule has 40 heavy (non-hydrogen) atoms. The summed E-state index contributed by atoms with van der Waals surface area (Å²) in [6.45, 7) is 2.26. The van der Waals surface area contributed by atoms with Gasteiger partial charge in [0.05, 0.1) is 23.6 Å². The second-order valence-corrected chi connectivity index (χ2v) is 10.4. The van der Waals surface area contributed by atoms with Crippen LogP contribution in [0, 0.1) is 11.6 Å². The number of hydrogen-bond donors (Lipinski definition) is 1. The first kappa shape index (κ1) is 30.2. The lowest BCUT2D eigenvalue weighted by Gasteiger charge is -2.43. The Hall–Kier alpha value is -2.73. The van der Waals surface area contributed by atoms with Crippen LogP contribution in [-0.4, -0.2) is 54.5 Å². The molecule has 2 aromatic rings. The van der Waals surface area contributed by atoms with E-state index in [9.17, 15) is 39.9 Å². The second-order valence-electron chi connectivity index (χ2n) is 10.4. The molecule has 2 aliphatic rings. The third-order valence-electron chi connectivity index (χ3n) is 7.73. The van der Waals surface area contributed by atoms with E-state index in [-0.39, 0.29) is 18.2 Å². The Balaban J connectivity index is 1.48. The molecule has 1 heterocycles. The Labute approximate surface area is 227 Å². The zero-order valence-corrected chi connectivity index (χ0v) is 21.7. The summed E-state index contributed by atoms with van der Waals surface area (Å²) in [6, 6.07) is 4.44. The maximum Gasteiger partial charge on any atom is 0.416 e. The van der Waals surface area contributed by atoms with Gasteiger partial charge in [-0.15, -0.1) is 0 Å². The predicted molar refractivity (Wildman–Crippen MR) is 132 cm³/mol. The van der Waals surface area contributed by atoms with E-state index in [2.05, 4.69) is 10.2 Å². The molecule has 1 unspecified atom stereocenters. The molecule has 1 aliphatic carbocycles. The summed E-state index contributed by atoms with van der Waals surface area (Å²) in [6.07, 6.45) is -5.03. The maximum atomic E-state index is 14.8. The Morgan fingerprint density at radius 2 is 1.48 bits per heavy atom. The van der Waals surface area contributed by atoms with Gasteiger partial charge in [-0.3, -0.25) is 14.6 Å². The molecule has 4 nitrogen and oxygen atoms in total. The average Bonchev–Trinajstić information content (AvgIpc) is 2.91. The molecule has 0 radical (unpaired) electrons. The highest BCUT2D eigenvalue weighted by atomic mass is 19.4. The maximum absolute atomic E-state index is 14.8. The number of amides is 1. The summed E-state index contributed by atoms with van der Waals surface area (Å²) < 4.78 is 108. The van der Waals surface area contributed by atoms with Gasteiger partial charge in [0.1, 0.15) is 0 Å². The van der Waals surface area contributed by atoms with Crippen LogP contribution < -0.4 is 5.32 Å². The van der Waals surface area contributed by atoms with E-state index in [0.717, 1.165) is 18.9 Å². The molecule has 220 valence electrons. The minimum atomic E-state index is -5.04. The fraction of sp³-hybridized carbons (Fsp3) is 0.536. The van der Waals surface area contributed by atoms with E-state index in [0.29, 0.717) is 44.4 Å². The summed E-state index contributed by atoms with van der Waals surface area (Å²) in [7, 11) is 0. The van der Waals surface area contributed by atoms with Crippen LogP contribution in [0.4, 0.5) is 35.1 Å². The molecular weight excluding hydrogens is 546 g/mol. The molecule has 2 fully saturated rings. The van der Waals surface area contributed by atoms with Gasteiger partial charge in [-0.05, 0) is 42.7 Å². The molecule has 12 heteroatoms. The largest absolute Gasteiger partial charge is 0.416 e. The molecule has 1 aliphatic heterocycles. The standard InChI is InChI=1S/C28H31F8N3O/c29-23-8-4-7-22(26(23)30)24(39-11-9-38(10-12-39)21-5-2-1-3-6-21)17-37-25(40)15-18-13-19(27(31,32)33)16-20(14-18)28(34,35)36/h4,7-8,13-14,16,21,24H,1-3,5-6,9-12,15,17H2,(H,37,40). The van der Waals surface area contributed by atoms with E-state index in [1.165, 1.54) is 31.4 Å². The Kier molecular flexibility index (Phi) is 9.39. The SMILES string of the molecule is O=C(Cc1cc(C(F)(F)F)cc(C(F)(F)F)c1)NCC(c1cccc(F)c1F)N1CCN(C2CCCCC2)CC1. The van der Waals surface area contributed by atoms with E-state index in [4.69, 9.17) is 0 Å². The van der Waals surface area contributed by atoms with Gasteiger partial charge in [0.15, 0.2) is 11.6 Å². The summed E-state index contributed by atoms with van der Waals surface area (Å²) in [5.74, 6) is -2.96. The number of rotatable bonds is 7.